The molecule has 2 nitrogen and oxygen atoms in total. The van der Waals surface area contributed by atoms with E-state index in [1.165, 1.54) is 6.07 Å². The molecule has 1 atom stereocenters. The second-order valence-corrected chi connectivity index (χ2v) is 4.92. The molecular formula is C20H34FNO. The number of benzene rings is 1. The number of ether oxygens (including phenoxy) is 1. The molecule has 0 saturated heterocycles. The Bertz CT molecular complexity index is 401. The van der Waals surface area contributed by atoms with Gasteiger partial charge in [0.15, 0.2) is 0 Å². The molecule has 0 bridgehead atoms. The van der Waals surface area contributed by atoms with Crippen molar-refractivity contribution in [2.24, 2.45) is 0 Å². The van der Waals surface area contributed by atoms with E-state index in [1.54, 1.807) is 26.2 Å². The van der Waals surface area contributed by atoms with Gasteiger partial charge in [-0.25, -0.2) is 4.39 Å². The summed E-state index contributed by atoms with van der Waals surface area (Å²) in [5, 5.41) is 3.17. The van der Waals surface area contributed by atoms with E-state index in [1.807, 2.05) is 27.0 Å². The van der Waals surface area contributed by atoms with Crippen molar-refractivity contribution >= 4 is 0 Å². The van der Waals surface area contributed by atoms with Gasteiger partial charge in [-0.2, -0.15) is 0 Å². The van der Waals surface area contributed by atoms with Crippen molar-refractivity contribution in [3.8, 4) is 12.3 Å². The van der Waals surface area contributed by atoms with Gasteiger partial charge < -0.3 is 10.1 Å². The van der Waals surface area contributed by atoms with Crippen LogP contribution >= 0.6 is 0 Å². The van der Waals surface area contributed by atoms with Gasteiger partial charge in [-0.3, -0.25) is 0 Å². The van der Waals surface area contributed by atoms with Crippen molar-refractivity contribution in [3.05, 3.63) is 35.6 Å². The minimum atomic E-state index is -0.140. The van der Waals surface area contributed by atoms with Crippen LogP contribution in [0.1, 0.15) is 57.9 Å². The van der Waals surface area contributed by atoms with Crippen molar-refractivity contribution in [1.29, 1.82) is 0 Å². The topological polar surface area (TPSA) is 21.3 Å². The van der Waals surface area contributed by atoms with E-state index in [0.717, 1.165) is 44.4 Å². The zero-order valence-corrected chi connectivity index (χ0v) is 15.5. The summed E-state index contributed by atoms with van der Waals surface area (Å²) in [6, 6.07) is 6.99. The third-order valence-electron chi connectivity index (χ3n) is 3.21. The number of terminal acetylenes is 1. The molecule has 0 amide bonds. The normalized spacial score (nSPS) is 10.5. The Hall–Kier alpha value is -1.37. The molecule has 1 unspecified atom stereocenters. The van der Waals surface area contributed by atoms with Crippen LogP contribution in [0.5, 0.6) is 0 Å². The number of rotatable bonds is 9. The molecule has 132 valence electrons. The summed E-state index contributed by atoms with van der Waals surface area (Å²) in [7, 11) is 3.68. The molecule has 0 aliphatic rings. The van der Waals surface area contributed by atoms with Crippen LogP contribution in [0.25, 0.3) is 0 Å². The Labute approximate surface area is 142 Å². The van der Waals surface area contributed by atoms with Crippen molar-refractivity contribution in [2.75, 3.05) is 27.3 Å². The average Bonchev–Trinajstić information content (AvgIpc) is 2.57. The smallest absolute Gasteiger partial charge is 0.123 e. The summed E-state index contributed by atoms with van der Waals surface area (Å²) in [6.07, 6.45) is 8.93. The number of halogens is 1. The molecule has 1 rings (SSSR count). The quantitative estimate of drug-likeness (QED) is 0.510. The summed E-state index contributed by atoms with van der Waals surface area (Å²) in [6.45, 7) is 7.42. The largest absolute Gasteiger partial charge is 0.385 e. The minimum absolute atomic E-state index is 0.140. The lowest BCUT2D eigenvalue weighted by atomic mass is 9.90. The van der Waals surface area contributed by atoms with Crippen LogP contribution in [0.15, 0.2) is 24.3 Å². The Morgan fingerprint density at radius 1 is 1.26 bits per heavy atom. The third-order valence-corrected chi connectivity index (χ3v) is 3.21. The Morgan fingerprint density at radius 3 is 2.43 bits per heavy atom. The van der Waals surface area contributed by atoms with E-state index in [-0.39, 0.29) is 5.82 Å². The van der Waals surface area contributed by atoms with Gasteiger partial charge in [-0.1, -0.05) is 32.4 Å². The van der Waals surface area contributed by atoms with Crippen LogP contribution in [-0.2, 0) is 4.74 Å². The molecule has 0 radical (unpaired) electrons. The first-order chi connectivity index (χ1) is 11.2. The van der Waals surface area contributed by atoms with E-state index < -0.39 is 0 Å². The molecular weight excluding hydrogens is 289 g/mol. The first-order valence-electron chi connectivity index (χ1n) is 8.45. The zero-order valence-electron chi connectivity index (χ0n) is 15.5. The maximum atomic E-state index is 13.3. The van der Waals surface area contributed by atoms with Gasteiger partial charge in [0.25, 0.3) is 0 Å². The molecule has 1 aromatic rings. The molecule has 0 aliphatic carbocycles. The summed E-state index contributed by atoms with van der Waals surface area (Å²) in [5.41, 5.74) is 1.11. The Balaban J connectivity index is 0. The van der Waals surface area contributed by atoms with Crippen molar-refractivity contribution in [2.45, 2.75) is 52.4 Å². The van der Waals surface area contributed by atoms with Crippen LogP contribution in [-0.4, -0.2) is 27.3 Å². The predicted octanol–water partition coefficient (Wildman–Crippen LogP) is 5.00. The highest BCUT2D eigenvalue weighted by Gasteiger charge is 2.11. The standard InChI is InChI=1S/C15H24FNO.C3H4.C2H6/c1-17-10-9-13(6-3-4-11-18-2)14-7-5-8-15(16)12-14;1-3-2;1-2/h5,7-8,12-13,17H,3-4,6,9-11H2,1-2H3;1H,2H3;1-2H3. The second kappa shape index (κ2) is 18.7. The minimum Gasteiger partial charge on any atom is -0.385 e. The summed E-state index contributed by atoms with van der Waals surface area (Å²) in [5.74, 6) is 2.55. The van der Waals surface area contributed by atoms with Crippen LogP contribution in [0, 0.1) is 18.2 Å². The van der Waals surface area contributed by atoms with E-state index in [2.05, 4.69) is 17.7 Å². The van der Waals surface area contributed by atoms with Crippen LogP contribution in [0.4, 0.5) is 4.39 Å². The Morgan fingerprint density at radius 2 is 1.91 bits per heavy atom. The molecule has 0 fully saturated rings. The van der Waals surface area contributed by atoms with Crippen molar-refractivity contribution in [1.82, 2.24) is 5.32 Å². The van der Waals surface area contributed by atoms with Crippen LogP contribution in [0.2, 0.25) is 0 Å². The van der Waals surface area contributed by atoms with Crippen LogP contribution < -0.4 is 5.32 Å². The van der Waals surface area contributed by atoms with E-state index >= 15 is 0 Å². The monoisotopic (exact) mass is 323 g/mol. The van der Waals surface area contributed by atoms with E-state index in [4.69, 9.17) is 4.74 Å². The predicted molar refractivity (Wildman–Crippen MR) is 99.3 cm³/mol. The van der Waals surface area contributed by atoms with Crippen molar-refractivity contribution < 1.29 is 9.13 Å². The summed E-state index contributed by atoms with van der Waals surface area (Å²) < 4.78 is 18.3. The maximum Gasteiger partial charge on any atom is 0.123 e. The molecule has 3 heteroatoms. The molecule has 0 saturated carbocycles. The highest BCUT2D eigenvalue weighted by atomic mass is 19.1. The Kier molecular flexibility index (Phi) is 19.4. The molecule has 0 spiro atoms. The van der Waals surface area contributed by atoms with Gasteiger partial charge in [-0.15, -0.1) is 12.3 Å². The van der Waals surface area contributed by atoms with Gasteiger partial charge >= 0.3 is 0 Å². The lowest BCUT2D eigenvalue weighted by Crippen LogP contribution is -2.12. The first kappa shape index (κ1) is 23.9. The number of methoxy groups -OCH3 is 1. The van der Waals surface area contributed by atoms with E-state index in [0.29, 0.717) is 5.92 Å². The number of unbranched alkanes of at least 4 members (excludes halogenated alkanes) is 1. The first-order valence-corrected chi connectivity index (χ1v) is 8.45. The second-order valence-electron chi connectivity index (χ2n) is 4.92. The highest BCUT2D eigenvalue weighted by Crippen LogP contribution is 2.25. The highest BCUT2D eigenvalue weighted by molar-refractivity contribution is 5.20. The molecule has 0 aliphatic heterocycles. The van der Waals surface area contributed by atoms with Gasteiger partial charge in [0.1, 0.15) is 5.82 Å². The fraction of sp³-hybridized carbons (Fsp3) is 0.600. The SMILES string of the molecule is C#CC.CC.CNCCC(CCCCOC)c1cccc(F)c1. The number of hydrogen-bond acceptors (Lipinski definition) is 2. The fourth-order valence-electron chi connectivity index (χ4n) is 2.19. The zero-order chi connectivity index (χ0) is 17.9. The molecule has 23 heavy (non-hydrogen) atoms. The number of hydrogen-bond donors (Lipinski definition) is 1. The molecule has 0 aromatic heterocycles. The van der Waals surface area contributed by atoms with Gasteiger partial charge in [0.05, 0.1) is 0 Å². The van der Waals surface area contributed by atoms with Gasteiger partial charge in [-0.05, 0) is 63.4 Å². The lowest BCUT2D eigenvalue weighted by Gasteiger charge is -2.17. The lowest BCUT2D eigenvalue weighted by molar-refractivity contribution is 0.191. The van der Waals surface area contributed by atoms with Crippen LogP contribution in [0.3, 0.4) is 0 Å². The fourth-order valence-corrected chi connectivity index (χ4v) is 2.19. The maximum absolute atomic E-state index is 13.3. The number of nitrogens with one attached hydrogen (secondary N) is 1. The van der Waals surface area contributed by atoms with Crippen molar-refractivity contribution in [3.63, 3.8) is 0 Å². The molecule has 0 heterocycles. The molecule has 1 aromatic carbocycles. The van der Waals surface area contributed by atoms with Gasteiger partial charge in [0.2, 0.25) is 0 Å². The van der Waals surface area contributed by atoms with Gasteiger partial charge in [0, 0.05) is 13.7 Å². The third kappa shape index (κ3) is 14.0. The van der Waals surface area contributed by atoms with E-state index in [9.17, 15) is 4.39 Å². The summed E-state index contributed by atoms with van der Waals surface area (Å²) in [4.78, 5) is 0. The average molecular weight is 323 g/mol. The summed E-state index contributed by atoms with van der Waals surface area (Å²) >= 11 is 0. The molecule has 1 N–H and O–H groups in total.